The van der Waals surface area contributed by atoms with Crippen LogP contribution in [0.2, 0.25) is 24.2 Å². The standard InChI is InChI=1S/C23H36OSi.2CH3.2ClH.Zr/c1-24-18-13-11-17(12-14-18)20-9-6-10-22-21(20)15-16-23(22)25(2,3)19-7-4-5-8-19;;;;;/h11-14,19-23H,4-10,15-16H2,1-3H3;2*1H3;2*1H;/q;2*-1;;;+4/p-2. The number of ether oxygens (including phenoxy) is 1. The van der Waals surface area contributed by atoms with Gasteiger partial charge in [0.2, 0.25) is 0 Å². The zero-order chi connectivity index (χ0) is 20.1. The summed E-state index contributed by atoms with van der Waals surface area (Å²) in [6.07, 6.45) is 13.5. The van der Waals surface area contributed by atoms with Gasteiger partial charge in [-0.2, -0.15) is 0 Å². The molecular weight excluding hydrogens is 506 g/mol. The van der Waals surface area contributed by atoms with Gasteiger partial charge in [-0.25, -0.2) is 0 Å². The summed E-state index contributed by atoms with van der Waals surface area (Å²) >= 11 is -0.826. The molecule has 170 valence electrons. The van der Waals surface area contributed by atoms with Crippen LogP contribution in [0.3, 0.4) is 0 Å². The maximum atomic E-state index is 5.37. The fraction of sp³-hybridized carbons (Fsp3) is 0.680. The normalized spacial score (nSPS) is 28.2. The molecule has 4 rings (SSSR count). The predicted molar refractivity (Wildman–Crippen MR) is 134 cm³/mol. The third kappa shape index (κ3) is 6.39. The fourth-order valence-electron chi connectivity index (χ4n) is 6.96. The molecule has 0 aromatic heterocycles. The van der Waals surface area contributed by atoms with Crippen molar-refractivity contribution in [1.82, 2.24) is 0 Å². The summed E-state index contributed by atoms with van der Waals surface area (Å²) in [6.45, 7) is 5.51. The Morgan fingerprint density at radius 3 is 2.00 bits per heavy atom. The Morgan fingerprint density at radius 2 is 1.43 bits per heavy atom. The third-order valence-electron chi connectivity index (χ3n) is 8.35. The van der Waals surface area contributed by atoms with E-state index in [2.05, 4.69) is 37.4 Å². The van der Waals surface area contributed by atoms with E-state index in [9.17, 15) is 0 Å². The fourth-order valence-corrected chi connectivity index (χ4v) is 11.9. The second-order valence-corrected chi connectivity index (χ2v) is 18.6. The Bertz CT molecular complexity index is 604. The molecule has 4 atom stereocenters. The van der Waals surface area contributed by atoms with Crippen molar-refractivity contribution in [3.63, 3.8) is 0 Å². The number of hydrogen-bond acceptors (Lipinski definition) is 1. The van der Waals surface area contributed by atoms with E-state index in [1.807, 2.05) is 0 Å². The number of fused-ring (bicyclic) bond motifs is 1. The van der Waals surface area contributed by atoms with E-state index in [0.717, 1.165) is 34.6 Å². The van der Waals surface area contributed by atoms with Crippen LogP contribution < -0.4 is 4.74 Å². The van der Waals surface area contributed by atoms with Crippen molar-refractivity contribution in [3.05, 3.63) is 44.7 Å². The van der Waals surface area contributed by atoms with Crippen LogP contribution in [0, 0.1) is 26.7 Å². The average molecular weight is 549 g/mol. The van der Waals surface area contributed by atoms with Gasteiger partial charge in [-0.3, -0.25) is 0 Å². The molecule has 30 heavy (non-hydrogen) atoms. The van der Waals surface area contributed by atoms with Gasteiger partial charge in [0.15, 0.2) is 0 Å². The van der Waals surface area contributed by atoms with Crippen LogP contribution in [-0.2, 0) is 20.8 Å². The monoisotopic (exact) mass is 546 g/mol. The Morgan fingerprint density at radius 1 is 0.833 bits per heavy atom. The van der Waals surface area contributed by atoms with Gasteiger partial charge in [-0.05, 0) is 59.4 Å². The molecule has 0 spiro atoms. The summed E-state index contributed by atoms with van der Waals surface area (Å²) in [7, 11) is 10.5. The van der Waals surface area contributed by atoms with Crippen LogP contribution in [0.1, 0.15) is 69.3 Å². The molecule has 0 radical (unpaired) electrons. The minimum atomic E-state index is -1.11. The van der Waals surface area contributed by atoms with E-state index in [4.69, 9.17) is 21.8 Å². The van der Waals surface area contributed by atoms with Crippen LogP contribution in [-0.4, -0.2) is 15.2 Å². The van der Waals surface area contributed by atoms with Gasteiger partial charge in [-0.15, -0.1) is 0 Å². The molecule has 5 heteroatoms. The molecule has 0 bridgehead atoms. The van der Waals surface area contributed by atoms with E-state index in [-0.39, 0.29) is 14.9 Å². The summed E-state index contributed by atoms with van der Waals surface area (Å²) in [5, 5.41) is 0. The SMILES string of the molecule is COc1ccc(C2CCCC3C2CCC3[Si](C)(C)C2CCCC2)cc1.[CH3-].[CH3-].[Cl][Zr+2][Cl]. The molecule has 0 saturated heterocycles. The average Bonchev–Trinajstić information content (AvgIpc) is 3.39. The molecule has 1 nitrogen and oxygen atoms in total. The molecule has 1 aromatic rings. The Balaban J connectivity index is 0.000000851. The summed E-state index contributed by atoms with van der Waals surface area (Å²) in [5.74, 6) is 3.79. The van der Waals surface area contributed by atoms with Crippen molar-refractivity contribution in [3.8, 4) is 5.75 Å². The molecule has 3 aliphatic rings. The van der Waals surface area contributed by atoms with Crippen molar-refractivity contribution < 1.29 is 25.6 Å². The van der Waals surface area contributed by atoms with Crippen molar-refractivity contribution in [2.24, 2.45) is 11.8 Å². The van der Waals surface area contributed by atoms with Crippen LogP contribution >= 0.6 is 17.0 Å². The topological polar surface area (TPSA) is 9.23 Å². The molecule has 0 N–H and O–H groups in total. The van der Waals surface area contributed by atoms with E-state index in [0.29, 0.717) is 0 Å². The van der Waals surface area contributed by atoms with E-state index < -0.39 is 28.9 Å². The summed E-state index contributed by atoms with van der Waals surface area (Å²) in [5.41, 5.74) is 3.80. The first-order chi connectivity index (χ1) is 13.5. The van der Waals surface area contributed by atoms with Crippen LogP contribution in [0.25, 0.3) is 0 Å². The quantitative estimate of drug-likeness (QED) is 0.269. The summed E-state index contributed by atoms with van der Waals surface area (Å²) < 4.78 is 5.37. The Kier molecular flexibility index (Phi) is 12.9. The number of hydrogen-bond donors (Lipinski definition) is 0. The molecule has 0 heterocycles. The number of rotatable bonds is 4. The van der Waals surface area contributed by atoms with Crippen molar-refractivity contribution >= 4 is 25.1 Å². The molecule has 4 unspecified atom stereocenters. The molecule has 3 saturated carbocycles. The zero-order valence-corrected chi connectivity index (χ0v) is 24.7. The van der Waals surface area contributed by atoms with Gasteiger partial charge in [0, 0.05) is 0 Å². The molecule has 0 aliphatic heterocycles. The van der Waals surface area contributed by atoms with Crippen molar-refractivity contribution in [2.45, 2.75) is 87.9 Å². The van der Waals surface area contributed by atoms with Gasteiger partial charge < -0.3 is 19.6 Å². The summed E-state index contributed by atoms with van der Waals surface area (Å²) in [4.78, 5) is 0. The Hall–Kier alpha value is 0.700. The second kappa shape index (κ2) is 13.4. The van der Waals surface area contributed by atoms with Crippen molar-refractivity contribution in [2.75, 3.05) is 7.11 Å². The van der Waals surface area contributed by atoms with Crippen LogP contribution in [0.5, 0.6) is 5.75 Å². The van der Waals surface area contributed by atoms with E-state index >= 15 is 0 Å². The zero-order valence-electron chi connectivity index (χ0n) is 19.7. The molecular formula is C25H42Cl2OSiZr. The first-order valence-electron chi connectivity index (χ1n) is 11.1. The molecule has 3 aliphatic carbocycles. The molecule has 1 aromatic carbocycles. The number of halogens is 2. The van der Waals surface area contributed by atoms with Gasteiger partial charge in [-0.1, -0.05) is 70.2 Å². The van der Waals surface area contributed by atoms with Gasteiger partial charge in [0.25, 0.3) is 0 Å². The van der Waals surface area contributed by atoms with Crippen LogP contribution in [0.4, 0.5) is 0 Å². The Labute approximate surface area is 206 Å². The molecule has 3 fully saturated rings. The van der Waals surface area contributed by atoms with Gasteiger partial charge in [0.05, 0.1) is 15.2 Å². The predicted octanol–water partition coefficient (Wildman–Crippen LogP) is 9.29. The van der Waals surface area contributed by atoms with Crippen molar-refractivity contribution in [1.29, 1.82) is 0 Å². The third-order valence-corrected chi connectivity index (χ3v) is 13.7. The first kappa shape index (κ1) is 28.7. The minimum absolute atomic E-state index is 0. The van der Waals surface area contributed by atoms with Crippen LogP contribution in [0.15, 0.2) is 24.3 Å². The van der Waals surface area contributed by atoms with Gasteiger partial charge >= 0.3 is 37.9 Å². The number of benzene rings is 1. The number of methoxy groups -OCH3 is 1. The summed E-state index contributed by atoms with van der Waals surface area (Å²) in [6, 6.07) is 9.03. The maximum absolute atomic E-state index is 5.37. The van der Waals surface area contributed by atoms with E-state index in [1.165, 1.54) is 44.9 Å². The van der Waals surface area contributed by atoms with Gasteiger partial charge in [0.1, 0.15) is 5.75 Å². The first-order valence-corrected chi connectivity index (χ1v) is 20.6. The molecule has 0 amide bonds. The second-order valence-electron chi connectivity index (χ2n) is 9.70. The van der Waals surface area contributed by atoms with E-state index in [1.54, 1.807) is 25.5 Å².